The predicted octanol–water partition coefficient (Wildman–Crippen LogP) is 5.83. The molecule has 0 unspecified atom stereocenters. The van der Waals surface area contributed by atoms with E-state index in [2.05, 4.69) is 10.3 Å². The van der Waals surface area contributed by atoms with Crippen LogP contribution in [0.3, 0.4) is 0 Å². The second-order valence-electron chi connectivity index (χ2n) is 6.34. The summed E-state index contributed by atoms with van der Waals surface area (Å²) in [6, 6.07) is 17.4. The minimum atomic E-state index is -0.338. The molecule has 30 heavy (non-hydrogen) atoms. The Labute approximate surface area is 182 Å². The maximum atomic E-state index is 12.2. The molecule has 3 aromatic carbocycles. The number of oxazole rings is 1. The van der Waals surface area contributed by atoms with Crippen molar-refractivity contribution in [1.29, 1.82) is 0 Å². The lowest BCUT2D eigenvalue weighted by atomic mass is 10.2. The van der Waals surface area contributed by atoms with Crippen LogP contribution in [0.1, 0.15) is 0 Å². The van der Waals surface area contributed by atoms with Gasteiger partial charge in [-0.25, -0.2) is 4.98 Å². The van der Waals surface area contributed by atoms with E-state index in [1.807, 2.05) is 24.3 Å². The maximum Gasteiger partial charge on any atom is 0.262 e. The van der Waals surface area contributed by atoms with Crippen molar-refractivity contribution < 1.29 is 18.7 Å². The van der Waals surface area contributed by atoms with Crippen LogP contribution < -0.4 is 14.8 Å². The molecule has 4 aromatic rings. The van der Waals surface area contributed by atoms with E-state index in [-0.39, 0.29) is 12.5 Å². The molecule has 0 spiro atoms. The third-order valence-corrected chi connectivity index (χ3v) is 4.79. The largest absolute Gasteiger partial charge is 0.497 e. The highest BCUT2D eigenvalue weighted by atomic mass is 35.5. The molecular weight excluding hydrogens is 427 g/mol. The summed E-state index contributed by atoms with van der Waals surface area (Å²) in [7, 11) is 1.61. The van der Waals surface area contributed by atoms with Gasteiger partial charge < -0.3 is 19.2 Å². The van der Waals surface area contributed by atoms with Crippen molar-refractivity contribution in [2.75, 3.05) is 19.0 Å². The van der Waals surface area contributed by atoms with Crippen LogP contribution in [0.4, 0.5) is 5.69 Å². The Kier molecular flexibility index (Phi) is 5.79. The number of carbonyl (C=O) groups excluding carboxylic acids is 1. The Hall–Kier alpha value is -3.22. The van der Waals surface area contributed by atoms with E-state index in [9.17, 15) is 4.79 Å². The van der Waals surface area contributed by atoms with E-state index in [1.165, 1.54) is 0 Å². The molecule has 1 amide bonds. The third-order valence-electron chi connectivity index (χ3n) is 4.26. The fourth-order valence-corrected chi connectivity index (χ4v) is 3.26. The van der Waals surface area contributed by atoms with Gasteiger partial charge >= 0.3 is 0 Å². The number of hydrogen-bond acceptors (Lipinski definition) is 5. The Morgan fingerprint density at radius 2 is 1.87 bits per heavy atom. The first-order valence-corrected chi connectivity index (χ1v) is 9.70. The first kappa shape index (κ1) is 20.1. The molecule has 0 saturated carbocycles. The number of benzene rings is 3. The van der Waals surface area contributed by atoms with Gasteiger partial charge in [0.05, 0.1) is 12.1 Å². The quantitative estimate of drug-likeness (QED) is 0.406. The van der Waals surface area contributed by atoms with Crippen LogP contribution in [0.5, 0.6) is 11.5 Å². The predicted molar refractivity (Wildman–Crippen MR) is 117 cm³/mol. The van der Waals surface area contributed by atoms with E-state index in [0.29, 0.717) is 38.5 Å². The molecule has 1 N–H and O–H groups in total. The van der Waals surface area contributed by atoms with E-state index in [0.717, 1.165) is 11.3 Å². The molecule has 0 bridgehead atoms. The summed E-state index contributed by atoms with van der Waals surface area (Å²) in [5, 5.41) is 3.59. The zero-order valence-corrected chi connectivity index (χ0v) is 17.3. The smallest absolute Gasteiger partial charge is 0.262 e. The first-order chi connectivity index (χ1) is 14.5. The van der Waals surface area contributed by atoms with Gasteiger partial charge in [0.15, 0.2) is 12.2 Å². The summed E-state index contributed by atoms with van der Waals surface area (Å²) in [6.45, 7) is -0.201. The molecule has 0 atom stereocenters. The molecule has 0 aliphatic carbocycles. The van der Waals surface area contributed by atoms with Crippen molar-refractivity contribution in [3.05, 3.63) is 70.7 Å². The van der Waals surface area contributed by atoms with Gasteiger partial charge in [-0.1, -0.05) is 23.2 Å². The maximum absolute atomic E-state index is 12.2. The number of aromatic nitrogens is 1. The fraction of sp³-hybridized carbons (Fsp3) is 0.0909. The number of nitrogens with one attached hydrogen (secondary N) is 1. The number of methoxy groups -OCH3 is 1. The number of fused-ring (bicyclic) bond motifs is 1. The first-order valence-electron chi connectivity index (χ1n) is 8.94. The lowest BCUT2D eigenvalue weighted by Crippen LogP contribution is -2.20. The summed E-state index contributed by atoms with van der Waals surface area (Å²) >= 11 is 11.9. The van der Waals surface area contributed by atoms with Gasteiger partial charge in [-0.15, -0.1) is 0 Å². The van der Waals surface area contributed by atoms with E-state index < -0.39 is 0 Å². The van der Waals surface area contributed by atoms with Crippen molar-refractivity contribution >= 4 is 45.9 Å². The Morgan fingerprint density at radius 1 is 1.07 bits per heavy atom. The highest BCUT2D eigenvalue weighted by Crippen LogP contribution is 2.29. The molecule has 4 rings (SSSR count). The van der Waals surface area contributed by atoms with Crippen molar-refractivity contribution in [2.45, 2.75) is 0 Å². The van der Waals surface area contributed by atoms with Crippen LogP contribution >= 0.6 is 23.2 Å². The molecular formula is C22H16Cl2N2O4. The minimum absolute atomic E-state index is 0.201. The fourth-order valence-electron chi connectivity index (χ4n) is 2.79. The SMILES string of the molecule is COc1ccc(-c2nc3ccc(NC(=O)COc4ccc(Cl)cc4Cl)cc3o2)cc1. The third kappa shape index (κ3) is 4.50. The van der Waals surface area contributed by atoms with Crippen LogP contribution in [0.2, 0.25) is 10.0 Å². The van der Waals surface area contributed by atoms with Gasteiger partial charge in [0, 0.05) is 22.3 Å². The van der Waals surface area contributed by atoms with Crippen LogP contribution in [-0.4, -0.2) is 24.6 Å². The average molecular weight is 443 g/mol. The Morgan fingerprint density at radius 3 is 2.60 bits per heavy atom. The van der Waals surface area contributed by atoms with Gasteiger partial charge in [-0.2, -0.15) is 0 Å². The lowest BCUT2D eigenvalue weighted by molar-refractivity contribution is -0.118. The topological polar surface area (TPSA) is 73.6 Å². The Bertz CT molecular complexity index is 1210. The van der Waals surface area contributed by atoms with Gasteiger partial charge in [0.25, 0.3) is 5.91 Å². The number of carbonyl (C=O) groups is 1. The molecule has 0 fully saturated rings. The number of anilines is 1. The number of amides is 1. The summed E-state index contributed by atoms with van der Waals surface area (Å²) < 4.78 is 16.4. The van der Waals surface area contributed by atoms with Gasteiger partial charge in [0.2, 0.25) is 5.89 Å². The average Bonchev–Trinajstić information content (AvgIpc) is 3.16. The summed E-state index contributed by atoms with van der Waals surface area (Å²) in [5.74, 6) is 1.28. The zero-order valence-electron chi connectivity index (χ0n) is 15.8. The number of halogens is 2. The number of rotatable bonds is 6. The lowest BCUT2D eigenvalue weighted by Gasteiger charge is -2.09. The molecule has 6 nitrogen and oxygen atoms in total. The molecule has 0 aliphatic rings. The molecule has 1 heterocycles. The van der Waals surface area contributed by atoms with Gasteiger partial charge in [-0.3, -0.25) is 4.79 Å². The number of ether oxygens (including phenoxy) is 2. The van der Waals surface area contributed by atoms with Crippen LogP contribution in [-0.2, 0) is 4.79 Å². The van der Waals surface area contributed by atoms with Crippen molar-refractivity contribution in [3.63, 3.8) is 0 Å². The summed E-state index contributed by atoms with van der Waals surface area (Å²) in [6.07, 6.45) is 0. The molecule has 152 valence electrons. The van der Waals surface area contributed by atoms with Crippen molar-refractivity contribution in [2.24, 2.45) is 0 Å². The van der Waals surface area contributed by atoms with E-state index in [1.54, 1.807) is 43.5 Å². The molecule has 0 aliphatic heterocycles. The van der Waals surface area contributed by atoms with Crippen LogP contribution in [0.25, 0.3) is 22.6 Å². The molecule has 0 saturated heterocycles. The highest BCUT2D eigenvalue weighted by Gasteiger charge is 2.11. The Balaban J connectivity index is 1.44. The summed E-state index contributed by atoms with van der Waals surface area (Å²) in [5.41, 5.74) is 2.63. The summed E-state index contributed by atoms with van der Waals surface area (Å²) in [4.78, 5) is 16.7. The second kappa shape index (κ2) is 8.65. The van der Waals surface area contributed by atoms with Crippen LogP contribution in [0, 0.1) is 0 Å². The molecule has 0 radical (unpaired) electrons. The second-order valence-corrected chi connectivity index (χ2v) is 7.19. The van der Waals surface area contributed by atoms with E-state index in [4.69, 9.17) is 37.1 Å². The zero-order chi connectivity index (χ0) is 21.1. The van der Waals surface area contributed by atoms with Crippen molar-refractivity contribution in [3.8, 4) is 23.0 Å². The normalized spacial score (nSPS) is 10.8. The van der Waals surface area contributed by atoms with Crippen molar-refractivity contribution in [1.82, 2.24) is 4.98 Å². The number of nitrogens with zero attached hydrogens (tertiary/aromatic N) is 1. The highest BCUT2D eigenvalue weighted by molar-refractivity contribution is 6.35. The standard InChI is InChI=1S/C22H16Cl2N2O4/c1-28-16-6-2-13(3-7-16)22-26-18-8-5-15(11-20(18)30-22)25-21(27)12-29-19-9-4-14(23)10-17(19)24/h2-11H,12H2,1H3,(H,25,27). The van der Waals surface area contributed by atoms with Crippen LogP contribution in [0.15, 0.2) is 65.1 Å². The number of hydrogen-bond donors (Lipinski definition) is 1. The monoisotopic (exact) mass is 442 g/mol. The molecule has 1 aromatic heterocycles. The van der Waals surface area contributed by atoms with Gasteiger partial charge in [0.1, 0.15) is 17.0 Å². The molecule has 8 heteroatoms. The minimum Gasteiger partial charge on any atom is -0.497 e. The van der Waals surface area contributed by atoms with Gasteiger partial charge in [-0.05, 0) is 54.6 Å². The van der Waals surface area contributed by atoms with E-state index >= 15 is 0 Å².